The van der Waals surface area contributed by atoms with Crippen molar-refractivity contribution in [1.29, 1.82) is 0 Å². The molecule has 0 nitrogen and oxygen atoms in total. The molecule has 30 heavy (non-hydrogen) atoms. The van der Waals surface area contributed by atoms with Gasteiger partial charge in [-0.25, -0.2) is 4.39 Å². The van der Waals surface area contributed by atoms with E-state index in [1.807, 2.05) is 6.07 Å². The van der Waals surface area contributed by atoms with Gasteiger partial charge in [0.1, 0.15) is 5.82 Å². The normalized spacial score (nSPS) is 19.0. The maximum Gasteiger partial charge on any atom is 0.142 e. The fraction of sp³-hybridized carbons (Fsp3) is 0.357. The highest BCUT2D eigenvalue weighted by atomic mass is 35.5. The SMILES string of the molecule is CCc1ccc([C@H]2CC[C@H](CCc3ccc(-c4ccc(Cl)c(F)c4)cc3)CC2)cc1. The van der Waals surface area contributed by atoms with Gasteiger partial charge in [0, 0.05) is 0 Å². The number of hydrogen-bond donors (Lipinski definition) is 0. The molecule has 1 saturated carbocycles. The Labute approximate surface area is 185 Å². The molecule has 0 saturated heterocycles. The zero-order valence-corrected chi connectivity index (χ0v) is 18.5. The van der Waals surface area contributed by atoms with Gasteiger partial charge in [-0.1, -0.05) is 73.1 Å². The van der Waals surface area contributed by atoms with Crippen molar-refractivity contribution in [2.24, 2.45) is 5.92 Å². The van der Waals surface area contributed by atoms with Gasteiger partial charge in [0.25, 0.3) is 0 Å². The Morgan fingerprint density at radius 2 is 1.43 bits per heavy atom. The molecule has 0 unspecified atom stereocenters. The zero-order chi connectivity index (χ0) is 20.9. The first-order valence-electron chi connectivity index (χ1n) is 11.3. The maximum atomic E-state index is 13.7. The Hall–Kier alpha value is -2.12. The third-order valence-electron chi connectivity index (χ3n) is 6.75. The largest absolute Gasteiger partial charge is 0.205 e. The van der Waals surface area contributed by atoms with Crippen LogP contribution in [-0.4, -0.2) is 0 Å². The molecule has 0 radical (unpaired) electrons. The van der Waals surface area contributed by atoms with Crippen molar-refractivity contribution in [3.63, 3.8) is 0 Å². The van der Waals surface area contributed by atoms with Gasteiger partial charge in [-0.05, 0) is 96.7 Å². The van der Waals surface area contributed by atoms with Crippen LogP contribution in [-0.2, 0) is 12.8 Å². The first-order valence-corrected chi connectivity index (χ1v) is 11.6. The van der Waals surface area contributed by atoms with Crippen molar-refractivity contribution in [3.8, 4) is 11.1 Å². The van der Waals surface area contributed by atoms with Crippen LogP contribution in [0.1, 0.15) is 61.6 Å². The average molecular weight is 421 g/mol. The molecule has 0 spiro atoms. The molecule has 4 rings (SSSR count). The van der Waals surface area contributed by atoms with Crippen LogP contribution in [0.2, 0.25) is 5.02 Å². The summed E-state index contributed by atoms with van der Waals surface area (Å²) in [5.74, 6) is 1.21. The molecule has 2 heteroatoms. The van der Waals surface area contributed by atoms with Gasteiger partial charge in [0.2, 0.25) is 0 Å². The monoisotopic (exact) mass is 420 g/mol. The minimum absolute atomic E-state index is 0.170. The molecule has 1 aliphatic rings. The maximum absolute atomic E-state index is 13.7. The van der Waals surface area contributed by atoms with Crippen LogP contribution >= 0.6 is 11.6 Å². The molecular weight excluding hydrogens is 391 g/mol. The van der Waals surface area contributed by atoms with Gasteiger partial charge in [0.05, 0.1) is 5.02 Å². The summed E-state index contributed by atoms with van der Waals surface area (Å²) in [5, 5.41) is 0.170. The summed E-state index contributed by atoms with van der Waals surface area (Å²) in [5.41, 5.74) is 6.22. The fourth-order valence-electron chi connectivity index (χ4n) is 4.72. The Bertz CT molecular complexity index is 951. The Morgan fingerprint density at radius 3 is 2.07 bits per heavy atom. The Morgan fingerprint density at radius 1 is 0.800 bits per heavy atom. The highest BCUT2D eigenvalue weighted by molar-refractivity contribution is 6.30. The highest BCUT2D eigenvalue weighted by Crippen LogP contribution is 2.37. The predicted molar refractivity (Wildman–Crippen MR) is 126 cm³/mol. The third kappa shape index (κ3) is 5.13. The number of halogens is 2. The second kappa shape index (κ2) is 9.79. The van der Waals surface area contributed by atoms with Gasteiger partial charge in [-0.3, -0.25) is 0 Å². The number of hydrogen-bond acceptors (Lipinski definition) is 0. The summed E-state index contributed by atoms with van der Waals surface area (Å²) in [6, 6.07) is 22.8. The summed E-state index contributed by atoms with van der Waals surface area (Å²) >= 11 is 5.79. The topological polar surface area (TPSA) is 0 Å². The molecule has 0 amide bonds. The lowest BCUT2D eigenvalue weighted by atomic mass is 9.77. The Kier molecular flexibility index (Phi) is 6.89. The van der Waals surface area contributed by atoms with Gasteiger partial charge >= 0.3 is 0 Å². The van der Waals surface area contributed by atoms with Gasteiger partial charge < -0.3 is 0 Å². The van der Waals surface area contributed by atoms with Crippen molar-refractivity contribution in [2.75, 3.05) is 0 Å². The minimum Gasteiger partial charge on any atom is -0.205 e. The second-order valence-electron chi connectivity index (χ2n) is 8.68. The Balaban J connectivity index is 1.27. The molecule has 0 aliphatic heterocycles. The predicted octanol–water partition coefficient (Wildman–Crippen LogP) is 8.62. The standard InChI is InChI=1S/C28H30ClF/c1-2-20-5-11-23(12-6-20)24-13-7-21(8-14-24)3-4-22-9-15-25(16-10-22)26-17-18-27(29)28(30)19-26/h5-6,9-12,15-19,21,24H,2-4,7-8,13-14H2,1H3/t21-,24-. The van der Waals surface area contributed by atoms with Gasteiger partial charge in [-0.15, -0.1) is 0 Å². The first kappa shape index (κ1) is 21.1. The lowest BCUT2D eigenvalue weighted by molar-refractivity contribution is 0.310. The van der Waals surface area contributed by atoms with Crippen LogP contribution in [0.3, 0.4) is 0 Å². The number of rotatable bonds is 6. The molecule has 0 aromatic heterocycles. The lowest BCUT2D eigenvalue weighted by Crippen LogP contribution is -2.14. The van der Waals surface area contributed by atoms with E-state index in [9.17, 15) is 4.39 Å². The number of benzene rings is 3. The van der Waals surface area contributed by atoms with E-state index in [0.29, 0.717) is 0 Å². The highest BCUT2D eigenvalue weighted by Gasteiger charge is 2.22. The molecule has 3 aromatic carbocycles. The molecule has 1 fully saturated rings. The van der Waals surface area contributed by atoms with Crippen molar-refractivity contribution >= 4 is 11.6 Å². The van der Waals surface area contributed by atoms with Crippen molar-refractivity contribution in [2.45, 2.75) is 57.8 Å². The second-order valence-corrected chi connectivity index (χ2v) is 9.08. The summed E-state index contributed by atoms with van der Waals surface area (Å²) < 4.78 is 13.7. The first-order chi connectivity index (χ1) is 14.6. The minimum atomic E-state index is -0.366. The van der Waals surface area contributed by atoms with Crippen LogP contribution in [0.25, 0.3) is 11.1 Å². The van der Waals surface area contributed by atoms with E-state index in [1.54, 1.807) is 6.07 Å². The van der Waals surface area contributed by atoms with Crippen LogP contribution in [0, 0.1) is 11.7 Å². The van der Waals surface area contributed by atoms with Crippen molar-refractivity contribution < 1.29 is 4.39 Å². The van der Waals surface area contributed by atoms with Crippen LogP contribution in [0.4, 0.5) is 4.39 Å². The van der Waals surface area contributed by atoms with Crippen molar-refractivity contribution in [3.05, 3.63) is 94.3 Å². The van der Waals surface area contributed by atoms with E-state index in [1.165, 1.54) is 54.9 Å². The molecule has 0 atom stereocenters. The van der Waals surface area contributed by atoms with Crippen LogP contribution in [0.15, 0.2) is 66.7 Å². The van der Waals surface area contributed by atoms with Crippen LogP contribution < -0.4 is 0 Å². The quantitative estimate of drug-likeness (QED) is 0.374. The zero-order valence-electron chi connectivity index (χ0n) is 17.7. The summed E-state index contributed by atoms with van der Waals surface area (Å²) in [6.45, 7) is 2.21. The summed E-state index contributed by atoms with van der Waals surface area (Å²) in [6.07, 6.45) is 8.80. The van der Waals surface area contributed by atoms with E-state index in [0.717, 1.165) is 35.8 Å². The molecule has 0 bridgehead atoms. The van der Waals surface area contributed by atoms with E-state index < -0.39 is 0 Å². The van der Waals surface area contributed by atoms with Crippen molar-refractivity contribution in [1.82, 2.24) is 0 Å². The van der Waals surface area contributed by atoms with Gasteiger partial charge in [0.15, 0.2) is 0 Å². The third-order valence-corrected chi connectivity index (χ3v) is 7.06. The van der Waals surface area contributed by atoms with E-state index in [2.05, 4.69) is 55.5 Å². The van der Waals surface area contributed by atoms with Gasteiger partial charge in [-0.2, -0.15) is 0 Å². The molecule has 0 heterocycles. The molecule has 3 aromatic rings. The average Bonchev–Trinajstić information content (AvgIpc) is 2.80. The summed E-state index contributed by atoms with van der Waals surface area (Å²) in [4.78, 5) is 0. The van der Waals surface area contributed by atoms with E-state index in [4.69, 9.17) is 11.6 Å². The summed E-state index contributed by atoms with van der Waals surface area (Å²) in [7, 11) is 0. The molecule has 0 N–H and O–H groups in total. The van der Waals surface area contributed by atoms with E-state index in [-0.39, 0.29) is 10.8 Å². The fourth-order valence-corrected chi connectivity index (χ4v) is 4.84. The van der Waals surface area contributed by atoms with Crippen LogP contribution in [0.5, 0.6) is 0 Å². The van der Waals surface area contributed by atoms with E-state index >= 15 is 0 Å². The molecule has 156 valence electrons. The number of aryl methyl sites for hydroxylation is 2. The molecular formula is C28H30ClF. The smallest absolute Gasteiger partial charge is 0.142 e. The lowest BCUT2D eigenvalue weighted by Gasteiger charge is -2.29. The molecule has 1 aliphatic carbocycles.